The first-order valence-electron chi connectivity index (χ1n) is 6.50. The summed E-state index contributed by atoms with van der Waals surface area (Å²) in [7, 11) is 0. The van der Waals surface area contributed by atoms with Crippen LogP contribution in [-0.4, -0.2) is 11.9 Å². The van der Waals surface area contributed by atoms with E-state index < -0.39 is 0 Å². The molecule has 1 unspecified atom stereocenters. The van der Waals surface area contributed by atoms with Gasteiger partial charge in [0.1, 0.15) is 0 Å². The largest absolute Gasteiger partial charge is 0.350 e. The predicted molar refractivity (Wildman–Crippen MR) is 80.1 cm³/mol. The minimum Gasteiger partial charge on any atom is -0.350 e. The lowest BCUT2D eigenvalue weighted by Crippen LogP contribution is -2.40. The molecule has 1 aromatic carbocycles. The van der Waals surface area contributed by atoms with Crippen molar-refractivity contribution in [1.82, 2.24) is 5.32 Å². The highest BCUT2D eigenvalue weighted by atomic mass is 35.5. The monoisotopic (exact) mass is 282 g/mol. The molecule has 0 aliphatic heterocycles. The molecule has 1 aromatic rings. The molecule has 1 amide bonds. The Balaban J connectivity index is 2.55. The highest BCUT2D eigenvalue weighted by Crippen LogP contribution is 2.20. The number of hydrogen-bond acceptors (Lipinski definition) is 2. The van der Waals surface area contributed by atoms with Crippen LogP contribution in [0.15, 0.2) is 24.3 Å². The summed E-state index contributed by atoms with van der Waals surface area (Å²) in [5.41, 5.74) is 6.97. The van der Waals surface area contributed by atoms with Crippen molar-refractivity contribution < 1.29 is 4.79 Å². The number of carbonyl (C=O) groups is 1. The Morgan fingerprint density at radius 3 is 2.32 bits per heavy atom. The minimum absolute atomic E-state index is 0.0233. The lowest BCUT2D eigenvalue weighted by molar-refractivity contribution is -0.122. The van der Waals surface area contributed by atoms with Gasteiger partial charge in [-0.1, -0.05) is 44.5 Å². The van der Waals surface area contributed by atoms with E-state index in [1.165, 1.54) is 0 Å². The van der Waals surface area contributed by atoms with Gasteiger partial charge in [-0.2, -0.15) is 0 Å². The summed E-state index contributed by atoms with van der Waals surface area (Å²) in [6.45, 7) is 8.05. The molecule has 0 radical (unpaired) electrons. The molecule has 0 fully saturated rings. The summed E-state index contributed by atoms with van der Waals surface area (Å²) in [5, 5.41) is 3.65. The van der Waals surface area contributed by atoms with E-state index >= 15 is 0 Å². The molecule has 3 nitrogen and oxygen atoms in total. The second kappa shape index (κ2) is 6.40. The van der Waals surface area contributed by atoms with Crippen molar-refractivity contribution in [3.63, 3.8) is 0 Å². The van der Waals surface area contributed by atoms with E-state index in [4.69, 9.17) is 17.3 Å². The molecule has 0 aromatic heterocycles. The van der Waals surface area contributed by atoms with Gasteiger partial charge in [0.15, 0.2) is 0 Å². The number of nitrogens with one attached hydrogen (secondary N) is 1. The van der Waals surface area contributed by atoms with Gasteiger partial charge in [-0.15, -0.1) is 0 Å². The number of hydrogen-bond donors (Lipinski definition) is 2. The lowest BCUT2D eigenvalue weighted by Gasteiger charge is -2.27. The molecule has 4 heteroatoms. The number of carbonyl (C=O) groups excluding carboxylic acids is 1. The van der Waals surface area contributed by atoms with Crippen LogP contribution in [-0.2, 0) is 4.79 Å². The normalized spacial score (nSPS) is 14.8. The smallest absolute Gasteiger partial charge is 0.222 e. The highest BCUT2D eigenvalue weighted by Gasteiger charge is 2.23. The molecule has 0 bridgehead atoms. The summed E-state index contributed by atoms with van der Waals surface area (Å²) in [5.74, 6) is -0.0233. The molecule has 0 saturated carbocycles. The van der Waals surface area contributed by atoms with E-state index in [1.54, 1.807) is 0 Å². The van der Waals surface area contributed by atoms with Crippen LogP contribution in [0.1, 0.15) is 45.7 Å². The van der Waals surface area contributed by atoms with E-state index in [1.807, 2.05) is 52.0 Å². The van der Waals surface area contributed by atoms with Gasteiger partial charge in [0.2, 0.25) is 5.91 Å². The first kappa shape index (κ1) is 16.0. The third-order valence-electron chi connectivity index (χ3n) is 3.27. The molecule has 0 aliphatic carbocycles. The Kier molecular flexibility index (Phi) is 5.39. The fourth-order valence-electron chi connectivity index (χ4n) is 1.64. The second-order valence-corrected chi connectivity index (χ2v) is 6.45. The summed E-state index contributed by atoms with van der Waals surface area (Å²) in [6, 6.07) is 7.27. The fourth-order valence-corrected chi connectivity index (χ4v) is 1.77. The molecular weight excluding hydrogens is 260 g/mol. The summed E-state index contributed by atoms with van der Waals surface area (Å²) in [6.07, 6.45) is 0.335. The molecule has 0 heterocycles. The van der Waals surface area contributed by atoms with Gasteiger partial charge in [-0.3, -0.25) is 4.79 Å². The molecule has 19 heavy (non-hydrogen) atoms. The van der Waals surface area contributed by atoms with E-state index in [0.29, 0.717) is 11.4 Å². The van der Waals surface area contributed by atoms with E-state index in [0.717, 1.165) is 5.56 Å². The van der Waals surface area contributed by atoms with Crippen LogP contribution in [0.2, 0.25) is 5.02 Å². The van der Waals surface area contributed by atoms with E-state index in [-0.39, 0.29) is 23.4 Å². The van der Waals surface area contributed by atoms with Crippen molar-refractivity contribution in [3.05, 3.63) is 34.9 Å². The average Bonchev–Trinajstić information content (AvgIpc) is 2.28. The first-order valence-corrected chi connectivity index (χ1v) is 6.88. The Morgan fingerprint density at radius 2 is 1.84 bits per heavy atom. The Morgan fingerprint density at radius 1 is 1.32 bits per heavy atom. The fraction of sp³-hybridized carbons (Fsp3) is 0.533. The molecule has 0 spiro atoms. The molecule has 3 N–H and O–H groups in total. The van der Waals surface area contributed by atoms with Crippen LogP contribution in [0.25, 0.3) is 0 Å². The van der Waals surface area contributed by atoms with Gasteiger partial charge in [0.25, 0.3) is 0 Å². The van der Waals surface area contributed by atoms with Crippen LogP contribution in [0, 0.1) is 5.41 Å². The van der Waals surface area contributed by atoms with Gasteiger partial charge in [0, 0.05) is 17.5 Å². The lowest BCUT2D eigenvalue weighted by atomic mass is 9.85. The summed E-state index contributed by atoms with van der Waals surface area (Å²) in [4.78, 5) is 11.9. The van der Waals surface area contributed by atoms with Gasteiger partial charge in [-0.05, 0) is 30.0 Å². The Bertz CT molecular complexity index is 423. The van der Waals surface area contributed by atoms with E-state index in [2.05, 4.69) is 5.32 Å². The van der Waals surface area contributed by atoms with Crippen molar-refractivity contribution in [1.29, 1.82) is 0 Å². The van der Waals surface area contributed by atoms with Crippen LogP contribution in [0.4, 0.5) is 0 Å². The zero-order chi connectivity index (χ0) is 14.6. The standard InChI is InChI=1S/C15H23ClN2O/c1-10(11-5-7-12(16)8-6-11)18-14(19)9-13(17)15(2,3)4/h5-8,10,13H,9,17H2,1-4H3,(H,18,19)/t10-,13?/m0/s1. The van der Waals surface area contributed by atoms with Crippen molar-refractivity contribution in [2.75, 3.05) is 0 Å². The quantitative estimate of drug-likeness (QED) is 0.890. The van der Waals surface area contributed by atoms with Gasteiger partial charge < -0.3 is 11.1 Å². The van der Waals surface area contributed by atoms with Crippen molar-refractivity contribution in [2.24, 2.45) is 11.1 Å². The number of benzene rings is 1. The van der Waals surface area contributed by atoms with Crippen LogP contribution in [0.5, 0.6) is 0 Å². The summed E-state index contributed by atoms with van der Waals surface area (Å²) < 4.78 is 0. The molecular formula is C15H23ClN2O. The predicted octanol–water partition coefficient (Wildman–Crippen LogP) is 3.28. The molecule has 1 rings (SSSR count). The highest BCUT2D eigenvalue weighted by molar-refractivity contribution is 6.30. The van der Waals surface area contributed by atoms with Gasteiger partial charge >= 0.3 is 0 Å². The zero-order valence-electron chi connectivity index (χ0n) is 12.0. The molecule has 106 valence electrons. The van der Waals surface area contributed by atoms with Crippen molar-refractivity contribution >= 4 is 17.5 Å². The number of amides is 1. The SMILES string of the molecule is C[C@H](NC(=O)CC(N)C(C)(C)C)c1ccc(Cl)cc1. The maximum Gasteiger partial charge on any atom is 0.222 e. The maximum atomic E-state index is 11.9. The van der Waals surface area contributed by atoms with Crippen LogP contribution >= 0.6 is 11.6 Å². The van der Waals surface area contributed by atoms with Gasteiger partial charge in [-0.25, -0.2) is 0 Å². The summed E-state index contributed by atoms with van der Waals surface area (Å²) >= 11 is 5.84. The molecule has 2 atom stereocenters. The minimum atomic E-state index is -0.148. The first-order chi connectivity index (χ1) is 8.70. The molecule has 0 aliphatic rings. The third kappa shape index (κ3) is 5.21. The topological polar surface area (TPSA) is 55.1 Å². The zero-order valence-corrected chi connectivity index (χ0v) is 12.8. The van der Waals surface area contributed by atoms with Crippen LogP contribution in [0.3, 0.4) is 0 Å². The van der Waals surface area contributed by atoms with Gasteiger partial charge in [0.05, 0.1) is 6.04 Å². The number of nitrogens with two attached hydrogens (primary N) is 1. The van der Waals surface area contributed by atoms with Crippen molar-refractivity contribution in [3.8, 4) is 0 Å². The Hall–Kier alpha value is -1.06. The number of rotatable bonds is 4. The maximum absolute atomic E-state index is 11.9. The van der Waals surface area contributed by atoms with Crippen LogP contribution < -0.4 is 11.1 Å². The number of halogens is 1. The second-order valence-electron chi connectivity index (χ2n) is 6.02. The molecule has 0 saturated heterocycles. The Labute approximate surface area is 120 Å². The van der Waals surface area contributed by atoms with Crippen molar-refractivity contribution in [2.45, 2.75) is 46.2 Å². The third-order valence-corrected chi connectivity index (χ3v) is 3.52. The average molecular weight is 283 g/mol. The van der Waals surface area contributed by atoms with E-state index in [9.17, 15) is 4.79 Å².